The van der Waals surface area contributed by atoms with Gasteiger partial charge in [-0.1, -0.05) is 11.6 Å². The van der Waals surface area contributed by atoms with Crippen molar-refractivity contribution in [1.82, 2.24) is 5.32 Å². The Morgan fingerprint density at radius 2 is 2.00 bits per heavy atom. The monoisotopic (exact) mass is 309 g/mol. The molecule has 0 unspecified atom stereocenters. The third kappa shape index (κ3) is 3.74. The maximum Gasteiger partial charge on any atom is 0.251 e. The molecule has 1 aromatic carbocycles. The first-order chi connectivity index (χ1) is 9.60. The van der Waals surface area contributed by atoms with Gasteiger partial charge < -0.3 is 10.1 Å². The molecule has 106 valence electrons. The van der Waals surface area contributed by atoms with Crippen LogP contribution in [-0.2, 0) is 0 Å². The average molecular weight is 310 g/mol. The van der Waals surface area contributed by atoms with Gasteiger partial charge in [0.1, 0.15) is 5.75 Å². The lowest BCUT2D eigenvalue weighted by Crippen LogP contribution is -2.25. The van der Waals surface area contributed by atoms with Crippen molar-refractivity contribution in [3.63, 3.8) is 0 Å². The summed E-state index contributed by atoms with van der Waals surface area (Å²) >= 11 is 7.37. The van der Waals surface area contributed by atoms with Gasteiger partial charge in [0.2, 0.25) is 0 Å². The van der Waals surface area contributed by atoms with Gasteiger partial charge in [-0.2, -0.15) is 0 Å². The molecule has 5 heteroatoms. The lowest BCUT2D eigenvalue weighted by molar-refractivity contribution is 0.0940. The quantitative estimate of drug-likeness (QED) is 0.894. The zero-order valence-electron chi connectivity index (χ0n) is 11.4. The van der Waals surface area contributed by atoms with Crippen LogP contribution in [0.4, 0.5) is 0 Å². The first-order valence-corrected chi connectivity index (χ1v) is 7.58. The third-order valence-electron chi connectivity index (χ3n) is 2.80. The zero-order valence-corrected chi connectivity index (χ0v) is 12.9. The molecule has 0 radical (unpaired) electrons. The number of amides is 1. The van der Waals surface area contributed by atoms with E-state index in [1.165, 1.54) is 11.3 Å². The van der Waals surface area contributed by atoms with Crippen molar-refractivity contribution in [3.8, 4) is 5.75 Å². The van der Waals surface area contributed by atoms with E-state index in [1.807, 2.05) is 26.0 Å². The molecule has 2 rings (SSSR count). The van der Waals surface area contributed by atoms with E-state index < -0.39 is 0 Å². The van der Waals surface area contributed by atoms with Gasteiger partial charge in [0.25, 0.3) is 5.91 Å². The second-order valence-electron chi connectivity index (χ2n) is 4.29. The number of hydrogen-bond acceptors (Lipinski definition) is 3. The minimum absolute atomic E-state index is 0.0634. The molecular weight excluding hydrogens is 294 g/mol. The Labute approximate surface area is 127 Å². The average Bonchev–Trinajstić information content (AvgIpc) is 2.86. The molecule has 0 bridgehead atoms. The Morgan fingerprint density at radius 3 is 2.55 bits per heavy atom. The first-order valence-electron chi connectivity index (χ1n) is 6.39. The molecule has 20 heavy (non-hydrogen) atoms. The molecule has 2 aromatic rings. The van der Waals surface area contributed by atoms with Crippen LogP contribution in [0, 0.1) is 0 Å². The summed E-state index contributed by atoms with van der Waals surface area (Å²) in [6.07, 6.45) is 0. The van der Waals surface area contributed by atoms with Gasteiger partial charge in [-0.05, 0) is 50.2 Å². The molecule has 0 fully saturated rings. The largest absolute Gasteiger partial charge is 0.494 e. The van der Waals surface area contributed by atoms with Crippen LogP contribution >= 0.6 is 22.9 Å². The highest BCUT2D eigenvalue weighted by Gasteiger charge is 2.13. The molecule has 1 amide bonds. The van der Waals surface area contributed by atoms with E-state index in [1.54, 1.807) is 24.3 Å². The summed E-state index contributed by atoms with van der Waals surface area (Å²) in [5.41, 5.74) is 0.614. The topological polar surface area (TPSA) is 38.3 Å². The molecule has 1 heterocycles. The maximum absolute atomic E-state index is 12.1. The summed E-state index contributed by atoms with van der Waals surface area (Å²) in [6.45, 7) is 4.48. The Hall–Kier alpha value is -1.52. The van der Waals surface area contributed by atoms with Crippen molar-refractivity contribution in [1.29, 1.82) is 0 Å². The van der Waals surface area contributed by atoms with Crippen molar-refractivity contribution in [2.75, 3.05) is 6.61 Å². The number of carbonyl (C=O) groups excluding carboxylic acids is 1. The van der Waals surface area contributed by atoms with Crippen LogP contribution in [-0.4, -0.2) is 12.5 Å². The SMILES string of the molecule is CCOc1ccc(C(=O)N[C@H](C)c2ccc(Cl)s2)cc1. The van der Waals surface area contributed by atoms with E-state index >= 15 is 0 Å². The van der Waals surface area contributed by atoms with Crippen molar-refractivity contribution in [2.45, 2.75) is 19.9 Å². The molecule has 0 aliphatic carbocycles. The number of ether oxygens (including phenoxy) is 1. The summed E-state index contributed by atoms with van der Waals surface area (Å²) in [6, 6.07) is 10.8. The summed E-state index contributed by atoms with van der Waals surface area (Å²) < 4.78 is 6.07. The Balaban J connectivity index is 2.00. The maximum atomic E-state index is 12.1. The molecule has 1 N–H and O–H groups in total. The van der Waals surface area contributed by atoms with Crippen molar-refractivity contribution < 1.29 is 9.53 Å². The van der Waals surface area contributed by atoms with Gasteiger partial charge >= 0.3 is 0 Å². The number of halogens is 1. The predicted molar refractivity (Wildman–Crippen MR) is 82.8 cm³/mol. The molecule has 1 atom stereocenters. The number of carbonyl (C=O) groups is 1. The molecular formula is C15H16ClNO2S. The second kappa shape index (κ2) is 6.77. The van der Waals surface area contributed by atoms with Crippen LogP contribution in [0.5, 0.6) is 5.75 Å². The van der Waals surface area contributed by atoms with Gasteiger partial charge in [0.15, 0.2) is 0 Å². The van der Waals surface area contributed by atoms with Gasteiger partial charge in [0, 0.05) is 10.4 Å². The summed E-state index contributed by atoms with van der Waals surface area (Å²) in [5.74, 6) is 0.659. The lowest BCUT2D eigenvalue weighted by Gasteiger charge is -2.12. The highest BCUT2D eigenvalue weighted by Crippen LogP contribution is 2.26. The number of nitrogens with one attached hydrogen (secondary N) is 1. The Kier molecular flexibility index (Phi) is 5.04. The molecule has 0 saturated heterocycles. The fraction of sp³-hybridized carbons (Fsp3) is 0.267. The number of hydrogen-bond donors (Lipinski definition) is 1. The highest BCUT2D eigenvalue weighted by atomic mass is 35.5. The zero-order chi connectivity index (χ0) is 14.5. The molecule has 0 aliphatic heterocycles. The molecule has 0 aliphatic rings. The summed E-state index contributed by atoms with van der Waals surface area (Å²) in [5, 5.41) is 2.95. The van der Waals surface area contributed by atoms with Crippen LogP contribution in [0.1, 0.15) is 35.1 Å². The summed E-state index contributed by atoms with van der Waals surface area (Å²) in [7, 11) is 0. The predicted octanol–water partition coefficient (Wildman–Crippen LogP) is 4.29. The lowest BCUT2D eigenvalue weighted by atomic mass is 10.2. The molecule has 0 saturated carbocycles. The van der Waals surface area contributed by atoms with Crippen LogP contribution in [0.3, 0.4) is 0 Å². The van der Waals surface area contributed by atoms with E-state index in [4.69, 9.17) is 16.3 Å². The number of rotatable bonds is 5. The minimum atomic E-state index is -0.106. The Bertz CT molecular complexity index is 580. The molecule has 3 nitrogen and oxygen atoms in total. The van der Waals surface area contributed by atoms with E-state index in [9.17, 15) is 4.79 Å². The fourth-order valence-corrected chi connectivity index (χ4v) is 2.84. The third-order valence-corrected chi connectivity index (χ3v) is 4.21. The van der Waals surface area contributed by atoms with Crippen LogP contribution in [0.2, 0.25) is 4.34 Å². The van der Waals surface area contributed by atoms with Gasteiger partial charge in [-0.15, -0.1) is 11.3 Å². The van der Waals surface area contributed by atoms with Crippen molar-refractivity contribution in [2.24, 2.45) is 0 Å². The highest BCUT2D eigenvalue weighted by molar-refractivity contribution is 7.16. The minimum Gasteiger partial charge on any atom is -0.494 e. The fourth-order valence-electron chi connectivity index (χ4n) is 1.78. The van der Waals surface area contributed by atoms with Gasteiger partial charge in [-0.25, -0.2) is 0 Å². The van der Waals surface area contributed by atoms with E-state index in [0.29, 0.717) is 12.2 Å². The van der Waals surface area contributed by atoms with Crippen LogP contribution < -0.4 is 10.1 Å². The van der Waals surface area contributed by atoms with Crippen LogP contribution in [0.25, 0.3) is 0 Å². The summed E-state index contributed by atoms with van der Waals surface area (Å²) in [4.78, 5) is 13.2. The number of benzene rings is 1. The van der Waals surface area contributed by atoms with Gasteiger partial charge in [-0.3, -0.25) is 4.79 Å². The van der Waals surface area contributed by atoms with E-state index in [2.05, 4.69) is 5.32 Å². The van der Waals surface area contributed by atoms with Crippen molar-refractivity contribution in [3.05, 3.63) is 51.2 Å². The van der Waals surface area contributed by atoms with Crippen LogP contribution in [0.15, 0.2) is 36.4 Å². The second-order valence-corrected chi connectivity index (χ2v) is 6.04. The Morgan fingerprint density at radius 1 is 1.30 bits per heavy atom. The normalized spacial score (nSPS) is 11.9. The number of thiophene rings is 1. The van der Waals surface area contributed by atoms with E-state index in [-0.39, 0.29) is 11.9 Å². The van der Waals surface area contributed by atoms with Gasteiger partial charge in [0.05, 0.1) is 17.0 Å². The van der Waals surface area contributed by atoms with E-state index in [0.717, 1.165) is 15.0 Å². The van der Waals surface area contributed by atoms with Crippen molar-refractivity contribution >= 4 is 28.8 Å². The first kappa shape index (κ1) is 14.9. The smallest absolute Gasteiger partial charge is 0.251 e. The molecule has 0 spiro atoms. The standard InChI is InChI=1S/C15H16ClNO2S/c1-3-19-12-6-4-11(5-7-12)15(18)17-10(2)13-8-9-14(16)20-13/h4-10H,3H2,1-2H3,(H,17,18)/t10-/m1/s1. The molecule has 1 aromatic heterocycles.